The van der Waals surface area contributed by atoms with E-state index in [0.717, 1.165) is 16.8 Å². The lowest BCUT2D eigenvalue weighted by Crippen LogP contribution is -2.36. The topological polar surface area (TPSA) is 72.7 Å². The van der Waals surface area contributed by atoms with Gasteiger partial charge in [-0.2, -0.15) is 10.2 Å². The van der Waals surface area contributed by atoms with Crippen LogP contribution in [-0.4, -0.2) is 41.4 Å². The molecule has 0 aliphatic rings. The van der Waals surface area contributed by atoms with Crippen LogP contribution in [0.25, 0.3) is 16.9 Å². The van der Waals surface area contributed by atoms with Gasteiger partial charge < -0.3 is 14.8 Å². The number of nitrogens with zero attached hydrogens (tertiary/aromatic N) is 3. The van der Waals surface area contributed by atoms with E-state index < -0.39 is 0 Å². The Balaban J connectivity index is 2.03. The number of hydrazone groups is 1. The molecule has 3 rings (SSSR count). The van der Waals surface area contributed by atoms with Gasteiger partial charge >= 0.3 is 0 Å². The van der Waals surface area contributed by atoms with Crippen molar-refractivity contribution in [3.8, 4) is 28.4 Å². The predicted molar refractivity (Wildman–Crippen MR) is 124 cm³/mol. The van der Waals surface area contributed by atoms with E-state index in [1.807, 2.05) is 68.6 Å². The van der Waals surface area contributed by atoms with Crippen molar-refractivity contribution in [1.29, 1.82) is 0 Å². The average Bonchev–Trinajstić information content (AvgIpc) is 3.17. The van der Waals surface area contributed by atoms with E-state index in [0.29, 0.717) is 22.3 Å². The molecule has 0 atom stereocenters. The van der Waals surface area contributed by atoms with E-state index in [-0.39, 0.29) is 6.04 Å². The number of aromatic nitrogens is 2. The lowest BCUT2D eigenvalue weighted by atomic mass is 10.1. The van der Waals surface area contributed by atoms with Crippen LogP contribution in [0.3, 0.4) is 0 Å². The normalized spacial score (nSPS) is 11.0. The minimum Gasteiger partial charge on any atom is -0.497 e. The van der Waals surface area contributed by atoms with E-state index in [9.17, 15) is 0 Å². The number of ether oxygens (including phenoxy) is 2. The van der Waals surface area contributed by atoms with Crippen molar-refractivity contribution in [3.05, 3.63) is 60.3 Å². The van der Waals surface area contributed by atoms with Gasteiger partial charge in [0.15, 0.2) is 5.11 Å². The molecule has 1 aromatic heterocycles. The molecule has 0 fully saturated rings. The highest BCUT2D eigenvalue weighted by atomic mass is 32.1. The van der Waals surface area contributed by atoms with Gasteiger partial charge in [0.25, 0.3) is 0 Å². The number of hydrogen-bond donors (Lipinski definition) is 2. The summed E-state index contributed by atoms with van der Waals surface area (Å²) < 4.78 is 12.8. The van der Waals surface area contributed by atoms with Gasteiger partial charge in [0.2, 0.25) is 0 Å². The molecule has 0 aliphatic heterocycles. The number of hydrogen-bond acceptors (Lipinski definition) is 5. The minimum absolute atomic E-state index is 0.220. The summed E-state index contributed by atoms with van der Waals surface area (Å²) in [4.78, 5) is 0. The number of rotatable bonds is 7. The molecule has 0 bridgehead atoms. The zero-order valence-corrected chi connectivity index (χ0v) is 18.2. The summed E-state index contributed by atoms with van der Waals surface area (Å²) >= 11 is 5.23. The highest BCUT2D eigenvalue weighted by molar-refractivity contribution is 7.80. The van der Waals surface area contributed by atoms with Crippen LogP contribution in [0.15, 0.2) is 59.8 Å². The van der Waals surface area contributed by atoms with Crippen molar-refractivity contribution >= 4 is 23.5 Å². The lowest BCUT2D eigenvalue weighted by Gasteiger charge is -2.10. The summed E-state index contributed by atoms with van der Waals surface area (Å²) in [6.07, 6.45) is 3.60. The first-order chi connectivity index (χ1) is 14.5. The maximum absolute atomic E-state index is 5.56. The molecule has 2 N–H and O–H groups in total. The third-order valence-electron chi connectivity index (χ3n) is 4.21. The SMILES string of the molecule is COc1ccc(OC)c(-c2nn(-c3ccccc3)cc2/C=N\NC(=S)NC(C)C)c1. The standard InChI is InChI=1S/C22H25N5O2S/c1-15(2)24-22(30)25-23-13-16-14-27(17-8-6-5-7-9-17)26-21(16)19-12-18(28-3)10-11-20(19)29-4/h5-15H,1-4H3,(H2,24,25,30)/b23-13-. The quantitative estimate of drug-likeness (QED) is 0.342. The van der Waals surface area contributed by atoms with Crippen LogP contribution in [-0.2, 0) is 0 Å². The molecule has 0 spiro atoms. The molecule has 156 valence electrons. The molecule has 1 heterocycles. The van der Waals surface area contributed by atoms with Crippen molar-refractivity contribution in [2.75, 3.05) is 14.2 Å². The number of para-hydroxylation sites is 1. The molecular weight excluding hydrogens is 398 g/mol. The van der Waals surface area contributed by atoms with Crippen LogP contribution in [0.4, 0.5) is 0 Å². The van der Waals surface area contributed by atoms with Crippen molar-refractivity contribution in [2.24, 2.45) is 5.10 Å². The Labute approximate surface area is 181 Å². The van der Waals surface area contributed by atoms with Crippen molar-refractivity contribution < 1.29 is 9.47 Å². The zero-order chi connectivity index (χ0) is 21.5. The van der Waals surface area contributed by atoms with E-state index in [1.54, 1.807) is 25.1 Å². The fourth-order valence-electron chi connectivity index (χ4n) is 2.86. The second-order valence-corrected chi connectivity index (χ2v) is 7.19. The number of benzene rings is 2. The summed E-state index contributed by atoms with van der Waals surface area (Å²) in [7, 11) is 3.26. The van der Waals surface area contributed by atoms with E-state index in [1.165, 1.54) is 0 Å². The fourth-order valence-corrected chi connectivity index (χ4v) is 3.15. The van der Waals surface area contributed by atoms with Crippen LogP contribution in [0.2, 0.25) is 0 Å². The van der Waals surface area contributed by atoms with Gasteiger partial charge in [0.1, 0.15) is 17.2 Å². The number of nitrogens with one attached hydrogen (secondary N) is 2. The Bertz CT molecular complexity index is 1030. The molecule has 0 saturated heterocycles. The van der Waals surface area contributed by atoms with Gasteiger partial charge in [-0.3, -0.25) is 5.43 Å². The highest BCUT2D eigenvalue weighted by Crippen LogP contribution is 2.34. The monoisotopic (exact) mass is 423 g/mol. The molecule has 3 aromatic rings. The Hall–Kier alpha value is -3.39. The van der Waals surface area contributed by atoms with Crippen LogP contribution in [0.5, 0.6) is 11.5 Å². The molecule has 30 heavy (non-hydrogen) atoms. The summed E-state index contributed by atoms with van der Waals surface area (Å²) in [5, 5.41) is 12.6. The van der Waals surface area contributed by atoms with E-state index in [4.69, 9.17) is 26.8 Å². The highest BCUT2D eigenvalue weighted by Gasteiger charge is 2.16. The van der Waals surface area contributed by atoms with Crippen molar-refractivity contribution in [1.82, 2.24) is 20.5 Å². The van der Waals surface area contributed by atoms with Gasteiger partial charge in [-0.15, -0.1) is 0 Å². The average molecular weight is 424 g/mol. The molecule has 8 heteroatoms. The van der Waals surface area contributed by atoms with Crippen LogP contribution in [0.1, 0.15) is 19.4 Å². The van der Waals surface area contributed by atoms with Gasteiger partial charge in [-0.05, 0) is 56.4 Å². The Morgan fingerprint density at radius 1 is 1.13 bits per heavy atom. The summed E-state index contributed by atoms with van der Waals surface area (Å²) in [6, 6.07) is 15.7. The second kappa shape index (κ2) is 9.89. The van der Waals surface area contributed by atoms with Gasteiger partial charge in [-0.25, -0.2) is 4.68 Å². The van der Waals surface area contributed by atoms with Crippen LogP contribution < -0.4 is 20.2 Å². The molecule has 2 aromatic carbocycles. The first-order valence-electron chi connectivity index (χ1n) is 9.49. The molecule has 0 unspecified atom stereocenters. The molecule has 0 radical (unpaired) electrons. The molecular formula is C22H25N5O2S. The Kier molecular flexibility index (Phi) is 7.03. The fraction of sp³-hybridized carbons (Fsp3) is 0.227. The van der Waals surface area contributed by atoms with E-state index >= 15 is 0 Å². The third-order valence-corrected chi connectivity index (χ3v) is 4.42. The van der Waals surface area contributed by atoms with Gasteiger partial charge in [-0.1, -0.05) is 18.2 Å². The largest absolute Gasteiger partial charge is 0.497 e. The first kappa shape index (κ1) is 21.3. The van der Waals surface area contributed by atoms with Gasteiger partial charge in [0.05, 0.1) is 26.1 Å². The van der Waals surface area contributed by atoms with Gasteiger partial charge in [0, 0.05) is 23.4 Å². The maximum atomic E-state index is 5.56. The lowest BCUT2D eigenvalue weighted by molar-refractivity contribution is 0.404. The van der Waals surface area contributed by atoms with Crippen LogP contribution in [0, 0.1) is 0 Å². The van der Waals surface area contributed by atoms with Crippen molar-refractivity contribution in [2.45, 2.75) is 19.9 Å². The smallest absolute Gasteiger partial charge is 0.187 e. The summed E-state index contributed by atoms with van der Waals surface area (Å²) in [5.41, 5.74) is 6.08. The second-order valence-electron chi connectivity index (χ2n) is 6.78. The maximum Gasteiger partial charge on any atom is 0.187 e. The van der Waals surface area contributed by atoms with E-state index in [2.05, 4.69) is 15.8 Å². The Morgan fingerprint density at radius 3 is 2.57 bits per heavy atom. The molecule has 0 aliphatic carbocycles. The number of methoxy groups -OCH3 is 2. The number of thiocarbonyl (C=S) groups is 1. The minimum atomic E-state index is 0.220. The third kappa shape index (κ3) is 5.15. The molecule has 0 saturated carbocycles. The van der Waals surface area contributed by atoms with Crippen LogP contribution >= 0.6 is 12.2 Å². The molecule has 0 amide bonds. The molecule has 7 nitrogen and oxygen atoms in total. The predicted octanol–water partition coefficient (Wildman–Crippen LogP) is 3.76. The summed E-state index contributed by atoms with van der Waals surface area (Å²) in [5.74, 6) is 1.40. The Morgan fingerprint density at radius 2 is 1.90 bits per heavy atom. The summed E-state index contributed by atoms with van der Waals surface area (Å²) in [6.45, 7) is 4.02. The first-order valence-corrected chi connectivity index (χ1v) is 9.89. The van der Waals surface area contributed by atoms with Crippen molar-refractivity contribution in [3.63, 3.8) is 0 Å². The zero-order valence-electron chi connectivity index (χ0n) is 17.4.